The highest BCUT2D eigenvalue weighted by molar-refractivity contribution is 6.32. The van der Waals surface area contributed by atoms with Crippen molar-refractivity contribution < 1.29 is 0 Å². The predicted octanol–water partition coefficient (Wildman–Crippen LogP) is 37.3. The van der Waals surface area contributed by atoms with Gasteiger partial charge in [-0.15, -0.1) is 0 Å². The van der Waals surface area contributed by atoms with Gasteiger partial charge in [0, 0.05) is 82.5 Å². The molecule has 0 spiro atoms. The van der Waals surface area contributed by atoms with Gasteiger partial charge in [-0.2, -0.15) is 0 Å². The summed E-state index contributed by atoms with van der Waals surface area (Å²) in [5, 5.41) is 25.2. The predicted molar refractivity (Wildman–Crippen MR) is 613 cm³/mol. The average Bonchev–Trinajstić information content (AvgIpc) is 1.56. The Hall–Kier alpha value is -19.3. The van der Waals surface area contributed by atoms with Gasteiger partial charge in [0.25, 0.3) is 0 Å². The number of benzene rings is 23. The maximum absolute atomic E-state index is 5.35. The molecule has 0 saturated carbocycles. The second kappa shape index (κ2) is 36.2. The van der Waals surface area contributed by atoms with Crippen LogP contribution in [0.2, 0.25) is 0 Å². The molecule has 0 bridgehead atoms. The molecule has 0 saturated heterocycles. The summed E-state index contributed by atoms with van der Waals surface area (Å²) in [4.78, 5) is 15.8. The summed E-state index contributed by atoms with van der Waals surface area (Å²) in [5.41, 5.74) is 32.2. The van der Waals surface area contributed by atoms with E-state index < -0.39 is 0 Å². The van der Waals surface area contributed by atoms with Crippen molar-refractivity contribution in [1.29, 1.82) is 0 Å². The van der Waals surface area contributed by atoms with Gasteiger partial charge in [0.05, 0.1) is 73.0 Å². The lowest BCUT2D eigenvalue weighted by Gasteiger charge is -2.15. The molecule has 145 heavy (non-hydrogen) atoms. The average molecular weight is 1840 g/mol. The minimum atomic E-state index is 0.936. The Balaban J connectivity index is 0.000000108. The second-order valence-electron chi connectivity index (χ2n) is 37.5. The van der Waals surface area contributed by atoms with Gasteiger partial charge in [-0.05, 0) is 224 Å². The van der Waals surface area contributed by atoms with E-state index in [1.54, 1.807) is 0 Å². The van der Waals surface area contributed by atoms with Crippen molar-refractivity contribution in [2.24, 2.45) is 0 Å². The van der Waals surface area contributed by atoms with E-state index in [4.69, 9.17) is 15.0 Å². The molecule has 6 heterocycles. The Kier molecular flexibility index (Phi) is 21.2. The third kappa shape index (κ3) is 15.3. The largest absolute Gasteiger partial charge is 0.309 e. The van der Waals surface area contributed by atoms with Crippen LogP contribution in [0.4, 0.5) is 0 Å². The van der Waals surface area contributed by atoms with Crippen LogP contribution in [-0.4, -0.2) is 28.7 Å². The van der Waals surface area contributed by atoms with E-state index in [0.29, 0.717) is 0 Å². The fraction of sp³-hybridized carbons (Fsp3) is 0. The van der Waals surface area contributed by atoms with Crippen LogP contribution in [0.25, 0.3) is 270 Å². The lowest BCUT2D eigenvalue weighted by molar-refractivity contribution is 1.18. The molecule has 23 aromatic carbocycles. The molecule has 0 amide bonds. The molecule has 29 rings (SSSR count). The Morgan fingerprint density at radius 3 is 0.710 bits per heavy atom. The summed E-state index contributed by atoms with van der Waals surface area (Å²) < 4.78 is 7.36. The fourth-order valence-electron chi connectivity index (χ4n) is 22.3. The van der Waals surface area contributed by atoms with Crippen molar-refractivity contribution in [2.45, 2.75) is 0 Å². The number of aromatic nitrogens is 6. The molecule has 0 unspecified atom stereocenters. The lowest BCUT2D eigenvalue weighted by Crippen LogP contribution is -1.97. The van der Waals surface area contributed by atoms with Gasteiger partial charge < -0.3 is 13.7 Å². The van der Waals surface area contributed by atoms with Crippen LogP contribution in [-0.2, 0) is 0 Å². The first-order valence-corrected chi connectivity index (χ1v) is 49.7. The molecule has 6 aromatic heterocycles. The van der Waals surface area contributed by atoms with Crippen LogP contribution in [0.15, 0.2) is 546 Å². The Bertz CT molecular complexity index is 9660. The molecule has 0 radical (unpaired) electrons. The summed E-state index contributed by atoms with van der Waals surface area (Å²) >= 11 is 0. The highest BCUT2D eigenvalue weighted by Crippen LogP contribution is 2.49. The van der Waals surface area contributed by atoms with Crippen LogP contribution in [0.5, 0.6) is 0 Å². The third-order valence-corrected chi connectivity index (χ3v) is 29.0. The fourth-order valence-corrected chi connectivity index (χ4v) is 22.3. The molecule has 0 N–H and O–H groups in total. The molecular weight excluding hydrogens is 1750 g/mol. The van der Waals surface area contributed by atoms with E-state index in [-0.39, 0.29) is 0 Å². The number of pyridine rings is 3. The van der Waals surface area contributed by atoms with Gasteiger partial charge in [-0.3, -0.25) is 0 Å². The van der Waals surface area contributed by atoms with Gasteiger partial charge in [0.1, 0.15) is 0 Å². The molecule has 0 aliphatic rings. The van der Waals surface area contributed by atoms with E-state index in [1.165, 1.54) is 158 Å². The minimum Gasteiger partial charge on any atom is -0.309 e. The van der Waals surface area contributed by atoms with Crippen LogP contribution in [0.3, 0.4) is 0 Å². The van der Waals surface area contributed by atoms with Gasteiger partial charge in [0.2, 0.25) is 0 Å². The van der Waals surface area contributed by atoms with E-state index in [2.05, 4.69) is 548 Å². The zero-order valence-corrected chi connectivity index (χ0v) is 79.1. The molecule has 0 fully saturated rings. The lowest BCUT2D eigenvalue weighted by atomic mass is 9.96. The van der Waals surface area contributed by atoms with Gasteiger partial charge >= 0.3 is 0 Å². The normalized spacial score (nSPS) is 11.6. The first-order chi connectivity index (χ1) is 71.9. The van der Waals surface area contributed by atoms with Crippen molar-refractivity contribution in [3.8, 4) is 129 Å². The SMILES string of the molecule is c1ccc(-c2cc(-c3cc(-c4ccccc4)cc(-c4ccccc4)n3)cc(-n3c4ccc5ccccc5c4c4c5ccccc5ccc43)c2)cc1.c1ccc(-c2cc(-c3cccc(-n4c5ccc6ccccc6c5c5c6ccccc6ccc54)c3)cc(-c3ccccc3)n2)cc1.c1ccc(-c2cc(-c3ccccc3)nc(-c3cccc4c(-n5c6ccc7ccccc7c6c6c7ccccc7ccc65)cccc34)c2)cc1. The zero-order valence-electron chi connectivity index (χ0n) is 79.1. The number of hydrogen-bond acceptors (Lipinski definition) is 3. The summed E-state index contributed by atoms with van der Waals surface area (Å²) in [7, 11) is 0. The number of nitrogens with zero attached hydrogens (tertiary/aromatic N) is 6. The Morgan fingerprint density at radius 1 is 0.124 bits per heavy atom. The topological polar surface area (TPSA) is 53.5 Å². The second-order valence-corrected chi connectivity index (χ2v) is 37.5. The van der Waals surface area contributed by atoms with Gasteiger partial charge in [-0.1, -0.05) is 437 Å². The standard InChI is InChI=1S/C49H32N2.C47H30N2.C43H28N2/c1-4-14-33(15-5-1)38-28-40(45-32-39(34-16-6-2-7-17-34)31-44(50-45)37-20-8-3-9-21-37)30-41(29-38)51-46-26-24-35-18-10-12-22-42(35)48(46)49-43-23-13-11-19-36(43)25-27-47(49)51;1-3-13-31(14-4-1)35-29-41(34-17-5-2-6-18-34)48-42(30-35)39-22-11-23-40-38(39)21-12-24-43(40)49-44-27-25-32-15-7-9-19-36(32)46(44)47-37-20-10-8-16-33(37)26-28-45(47)49;1-3-14-31(15-4-1)38-27-34(28-39(44-38)32-16-5-2-6-17-32)33-18-11-19-35(26-33)45-40-24-22-29-12-7-9-20-36(29)42(40)43-37-21-10-8-13-30(37)23-25-41(43)45/h1-32H;1-30H;1-28H. The molecule has 0 atom stereocenters. The van der Waals surface area contributed by atoms with Crippen LogP contribution in [0, 0.1) is 0 Å². The summed E-state index contributed by atoms with van der Waals surface area (Å²) in [6.07, 6.45) is 0. The highest BCUT2D eigenvalue weighted by Gasteiger charge is 2.26. The quantitative estimate of drug-likeness (QED) is 0.116. The van der Waals surface area contributed by atoms with E-state index >= 15 is 0 Å². The van der Waals surface area contributed by atoms with Crippen LogP contribution < -0.4 is 0 Å². The smallest absolute Gasteiger partial charge is 0.0721 e. The monoisotopic (exact) mass is 1840 g/mol. The van der Waals surface area contributed by atoms with Crippen molar-refractivity contribution in [3.05, 3.63) is 546 Å². The summed E-state index contributed by atoms with van der Waals surface area (Å²) in [6.45, 7) is 0. The molecule has 6 heteroatoms. The third-order valence-electron chi connectivity index (χ3n) is 29.0. The Morgan fingerprint density at radius 2 is 0.359 bits per heavy atom. The Labute approximate surface area is 838 Å². The molecule has 29 aromatic rings. The number of hydrogen-bond donors (Lipinski definition) is 0. The first kappa shape index (κ1) is 85.0. The first-order valence-electron chi connectivity index (χ1n) is 49.7. The van der Waals surface area contributed by atoms with E-state index in [9.17, 15) is 0 Å². The van der Waals surface area contributed by atoms with Crippen molar-refractivity contribution >= 4 is 141 Å². The molecule has 0 aliphatic heterocycles. The maximum Gasteiger partial charge on any atom is 0.0721 e. The molecular formula is C139H90N6. The van der Waals surface area contributed by atoms with Crippen molar-refractivity contribution in [3.63, 3.8) is 0 Å². The minimum absolute atomic E-state index is 0.936. The zero-order chi connectivity index (χ0) is 95.8. The maximum atomic E-state index is 5.35. The molecule has 676 valence electrons. The molecule has 6 nitrogen and oxygen atoms in total. The molecule has 0 aliphatic carbocycles. The summed E-state index contributed by atoms with van der Waals surface area (Å²) in [5.74, 6) is 0. The van der Waals surface area contributed by atoms with Crippen molar-refractivity contribution in [2.75, 3.05) is 0 Å². The highest BCUT2D eigenvalue weighted by atomic mass is 15.0. The summed E-state index contributed by atoms with van der Waals surface area (Å²) in [6, 6.07) is 196. The van der Waals surface area contributed by atoms with Gasteiger partial charge in [0.15, 0.2) is 0 Å². The van der Waals surface area contributed by atoms with Crippen LogP contribution in [0.1, 0.15) is 0 Å². The number of rotatable bonds is 13. The van der Waals surface area contributed by atoms with Crippen LogP contribution >= 0.6 is 0 Å². The van der Waals surface area contributed by atoms with Crippen molar-refractivity contribution in [1.82, 2.24) is 28.7 Å². The van der Waals surface area contributed by atoms with E-state index in [1.807, 2.05) is 12.1 Å². The van der Waals surface area contributed by atoms with Gasteiger partial charge in [-0.25, -0.2) is 15.0 Å². The van der Waals surface area contributed by atoms with E-state index in [0.717, 1.165) is 112 Å². The number of fused-ring (bicyclic) bond motifs is 22.